The monoisotopic (exact) mass is 421 g/mol. The van der Waals surface area contributed by atoms with Crippen LogP contribution >= 0.6 is 0 Å². The molecule has 0 fully saturated rings. The predicted octanol–water partition coefficient (Wildman–Crippen LogP) is 8.00. The van der Waals surface area contributed by atoms with Crippen LogP contribution in [0.25, 0.3) is 0 Å². The number of carbonyl (C=O) groups is 1. The van der Waals surface area contributed by atoms with Gasteiger partial charge in [-0.05, 0) is 25.5 Å². The molecule has 0 bridgehead atoms. The predicted molar refractivity (Wildman–Crippen MR) is 126 cm³/mol. The Bertz CT molecular complexity index is 576. The van der Waals surface area contributed by atoms with Crippen molar-refractivity contribution < 1.29 is 13.9 Å². The molecule has 0 saturated heterocycles. The third-order valence-corrected chi connectivity index (χ3v) is 5.89. The van der Waals surface area contributed by atoms with Gasteiger partial charge in [0.05, 0.1) is 13.0 Å². The zero-order valence-corrected chi connectivity index (χ0v) is 19.6. The van der Waals surface area contributed by atoms with Crippen LogP contribution in [0.5, 0.6) is 0 Å². The van der Waals surface area contributed by atoms with Crippen LogP contribution in [0.15, 0.2) is 18.2 Å². The topological polar surface area (TPSA) is 38.3 Å². The van der Waals surface area contributed by atoms with Gasteiger partial charge in [0.25, 0.3) is 0 Å². The van der Waals surface area contributed by atoms with Gasteiger partial charge in [0, 0.05) is 17.8 Å². The van der Waals surface area contributed by atoms with Crippen LogP contribution in [-0.2, 0) is 9.53 Å². The quantitative estimate of drug-likeness (QED) is 0.193. The molecule has 0 saturated carbocycles. The summed E-state index contributed by atoms with van der Waals surface area (Å²) >= 11 is 0. The second kappa shape index (κ2) is 17.1. The fraction of sp³-hybridized carbons (Fsp3) is 0.731. The van der Waals surface area contributed by atoms with Gasteiger partial charge in [-0.15, -0.1) is 0 Å². The number of benzene rings is 1. The van der Waals surface area contributed by atoms with Crippen LogP contribution in [0.4, 0.5) is 10.1 Å². The number of halogens is 1. The Morgan fingerprint density at radius 2 is 1.40 bits per heavy atom. The number of hydrogen-bond donors (Lipinski definition) is 1. The molecule has 0 heterocycles. The third kappa shape index (κ3) is 11.0. The Balaban J connectivity index is 2.08. The maximum Gasteiger partial charge on any atom is 0.313 e. The van der Waals surface area contributed by atoms with Crippen molar-refractivity contribution in [2.45, 2.75) is 110 Å². The minimum atomic E-state index is -0.616. The third-order valence-electron chi connectivity index (χ3n) is 5.89. The van der Waals surface area contributed by atoms with Gasteiger partial charge in [0.15, 0.2) is 0 Å². The Morgan fingerprint density at radius 1 is 0.900 bits per heavy atom. The number of methoxy groups -OCH3 is 1. The summed E-state index contributed by atoms with van der Waals surface area (Å²) in [5, 5.41) is 3.31. The Labute approximate surface area is 184 Å². The highest BCUT2D eigenvalue weighted by molar-refractivity contribution is 5.80. The molecule has 0 spiro atoms. The summed E-state index contributed by atoms with van der Waals surface area (Å²) in [5.41, 5.74) is 1.09. The summed E-state index contributed by atoms with van der Waals surface area (Å²) < 4.78 is 19.0. The van der Waals surface area contributed by atoms with Gasteiger partial charge in [-0.1, -0.05) is 96.5 Å². The van der Waals surface area contributed by atoms with E-state index in [1.54, 1.807) is 13.0 Å². The van der Waals surface area contributed by atoms with Crippen molar-refractivity contribution in [1.82, 2.24) is 0 Å². The second-order valence-electron chi connectivity index (χ2n) is 8.47. The second-order valence-corrected chi connectivity index (χ2v) is 8.47. The van der Waals surface area contributed by atoms with Crippen molar-refractivity contribution in [3.8, 4) is 0 Å². The molecule has 1 rings (SSSR count). The minimum absolute atomic E-state index is 0.362. The first kappa shape index (κ1) is 26.5. The van der Waals surface area contributed by atoms with Crippen molar-refractivity contribution in [2.24, 2.45) is 0 Å². The Hall–Kier alpha value is -1.58. The summed E-state index contributed by atoms with van der Waals surface area (Å²) in [4.78, 5) is 11.8. The summed E-state index contributed by atoms with van der Waals surface area (Å²) in [5.74, 6) is -1.39. The molecular formula is C26H44FNO2. The van der Waals surface area contributed by atoms with Crippen LogP contribution in [0.3, 0.4) is 0 Å². The standard InChI is InChI=1S/C26H44FNO2/c1-4-5-6-7-8-9-10-11-12-13-14-15-16-17-21-28-24-20-18-19-23(27)25(24)22(2)26(29)30-3/h18-20,22,28H,4-17,21H2,1-3H3. The van der Waals surface area contributed by atoms with Gasteiger partial charge in [-0.2, -0.15) is 0 Å². The van der Waals surface area contributed by atoms with E-state index in [4.69, 9.17) is 4.74 Å². The molecule has 0 amide bonds. The molecule has 30 heavy (non-hydrogen) atoms. The van der Waals surface area contributed by atoms with E-state index >= 15 is 0 Å². The summed E-state index contributed by atoms with van der Waals surface area (Å²) in [7, 11) is 1.33. The van der Waals surface area contributed by atoms with Crippen LogP contribution in [0.2, 0.25) is 0 Å². The molecule has 0 aromatic heterocycles. The normalized spacial score (nSPS) is 12.0. The summed E-state index contributed by atoms with van der Waals surface area (Å²) in [6, 6.07) is 4.91. The SMILES string of the molecule is CCCCCCCCCCCCCCCCNc1cccc(F)c1C(C)C(=O)OC. The molecule has 1 unspecified atom stereocenters. The van der Waals surface area contributed by atoms with Crippen LogP contribution in [0.1, 0.15) is 115 Å². The highest BCUT2D eigenvalue weighted by atomic mass is 19.1. The van der Waals surface area contributed by atoms with E-state index in [2.05, 4.69) is 12.2 Å². The summed E-state index contributed by atoms with van der Waals surface area (Å²) in [6.07, 6.45) is 18.7. The van der Waals surface area contributed by atoms with Crippen molar-refractivity contribution in [2.75, 3.05) is 19.0 Å². The van der Waals surface area contributed by atoms with E-state index < -0.39 is 11.9 Å². The zero-order chi connectivity index (χ0) is 22.0. The molecule has 0 radical (unpaired) electrons. The molecule has 172 valence electrons. The smallest absolute Gasteiger partial charge is 0.313 e. The van der Waals surface area contributed by atoms with E-state index in [0.717, 1.165) is 13.0 Å². The van der Waals surface area contributed by atoms with E-state index in [-0.39, 0.29) is 5.82 Å². The number of ether oxygens (including phenoxy) is 1. The van der Waals surface area contributed by atoms with Crippen LogP contribution in [0, 0.1) is 5.82 Å². The van der Waals surface area contributed by atoms with Gasteiger partial charge < -0.3 is 10.1 Å². The lowest BCUT2D eigenvalue weighted by Gasteiger charge is -2.17. The highest BCUT2D eigenvalue weighted by Crippen LogP contribution is 2.28. The van der Waals surface area contributed by atoms with E-state index in [1.165, 1.54) is 96.6 Å². The van der Waals surface area contributed by atoms with Crippen LogP contribution in [-0.4, -0.2) is 19.6 Å². The molecule has 0 aliphatic heterocycles. The first-order chi connectivity index (χ1) is 14.6. The molecule has 3 nitrogen and oxygen atoms in total. The molecule has 1 atom stereocenters. The largest absolute Gasteiger partial charge is 0.469 e. The fourth-order valence-corrected chi connectivity index (χ4v) is 3.97. The molecule has 1 N–H and O–H groups in total. The Morgan fingerprint density at radius 3 is 1.90 bits per heavy atom. The molecular weight excluding hydrogens is 377 g/mol. The van der Waals surface area contributed by atoms with Gasteiger partial charge in [0.2, 0.25) is 0 Å². The average molecular weight is 422 g/mol. The van der Waals surface area contributed by atoms with Crippen molar-refractivity contribution >= 4 is 11.7 Å². The Kier molecular flexibility index (Phi) is 15.1. The minimum Gasteiger partial charge on any atom is -0.469 e. The summed E-state index contributed by atoms with van der Waals surface area (Å²) in [6.45, 7) is 4.75. The molecule has 0 aliphatic rings. The van der Waals surface area contributed by atoms with Crippen LogP contribution < -0.4 is 5.32 Å². The van der Waals surface area contributed by atoms with Gasteiger partial charge in [-0.25, -0.2) is 4.39 Å². The average Bonchev–Trinajstić information content (AvgIpc) is 2.75. The van der Waals surface area contributed by atoms with Crippen molar-refractivity contribution in [3.63, 3.8) is 0 Å². The van der Waals surface area contributed by atoms with E-state index in [9.17, 15) is 9.18 Å². The highest BCUT2D eigenvalue weighted by Gasteiger charge is 2.22. The zero-order valence-electron chi connectivity index (χ0n) is 19.6. The number of carbonyl (C=O) groups excluding carboxylic acids is 1. The van der Waals surface area contributed by atoms with E-state index in [1.807, 2.05) is 6.07 Å². The maximum absolute atomic E-state index is 14.2. The lowest BCUT2D eigenvalue weighted by atomic mass is 9.98. The molecule has 0 aliphatic carbocycles. The number of nitrogens with one attached hydrogen (secondary N) is 1. The number of hydrogen-bond acceptors (Lipinski definition) is 3. The first-order valence-corrected chi connectivity index (χ1v) is 12.2. The van der Waals surface area contributed by atoms with Gasteiger partial charge in [-0.3, -0.25) is 4.79 Å². The number of rotatable bonds is 18. The van der Waals surface area contributed by atoms with Crippen molar-refractivity contribution in [1.29, 1.82) is 0 Å². The van der Waals surface area contributed by atoms with Gasteiger partial charge >= 0.3 is 5.97 Å². The number of anilines is 1. The lowest BCUT2D eigenvalue weighted by Crippen LogP contribution is -2.15. The van der Waals surface area contributed by atoms with Crippen molar-refractivity contribution in [3.05, 3.63) is 29.6 Å². The van der Waals surface area contributed by atoms with Gasteiger partial charge in [0.1, 0.15) is 5.82 Å². The molecule has 1 aromatic rings. The number of esters is 1. The molecule has 4 heteroatoms. The number of unbranched alkanes of at least 4 members (excludes halogenated alkanes) is 13. The van der Waals surface area contributed by atoms with E-state index in [0.29, 0.717) is 11.3 Å². The fourth-order valence-electron chi connectivity index (χ4n) is 3.97. The molecule has 1 aromatic carbocycles. The maximum atomic E-state index is 14.2. The lowest BCUT2D eigenvalue weighted by molar-refractivity contribution is -0.142. The first-order valence-electron chi connectivity index (χ1n) is 12.2.